The molecule has 0 unspecified atom stereocenters. The lowest BCUT2D eigenvalue weighted by atomic mass is 9.89. The van der Waals surface area contributed by atoms with E-state index in [1.165, 1.54) is 0 Å². The molecule has 31 heavy (non-hydrogen) atoms. The number of carbonyl (C=O) groups excluding carboxylic acids is 2. The van der Waals surface area contributed by atoms with Gasteiger partial charge in [0.2, 0.25) is 0 Å². The van der Waals surface area contributed by atoms with Crippen LogP contribution in [-0.2, 0) is 4.74 Å². The first-order valence-electron chi connectivity index (χ1n) is 10.4. The van der Waals surface area contributed by atoms with E-state index in [9.17, 15) is 9.59 Å². The van der Waals surface area contributed by atoms with E-state index in [4.69, 9.17) is 9.26 Å². The summed E-state index contributed by atoms with van der Waals surface area (Å²) in [5.41, 5.74) is 2.03. The molecular weight excluding hydrogens is 509 g/mol. The normalized spacial score (nSPS) is 15.1. The van der Waals surface area contributed by atoms with Crippen molar-refractivity contribution in [1.29, 1.82) is 0 Å². The van der Waals surface area contributed by atoms with Gasteiger partial charge in [0.25, 0.3) is 0 Å². The molecule has 0 saturated carbocycles. The predicted octanol–water partition coefficient (Wildman–Crippen LogP) is 4.97. The van der Waals surface area contributed by atoms with Crippen LogP contribution in [0.2, 0.25) is 0 Å². The molecule has 0 aliphatic carbocycles. The third kappa shape index (κ3) is 5.62. The lowest BCUT2D eigenvalue weighted by molar-refractivity contribution is 0.0830. The number of hydrogen-bond acceptors (Lipinski definition) is 6. The average molecular weight is 533 g/mol. The molecule has 1 saturated heterocycles. The molecular formula is C23H24IN3O4. The fourth-order valence-electron chi connectivity index (χ4n) is 3.87. The van der Waals surface area contributed by atoms with Gasteiger partial charge in [-0.25, -0.2) is 4.79 Å². The summed E-state index contributed by atoms with van der Waals surface area (Å²) in [6, 6.07) is 13.1. The number of halogens is 1. The number of hydrogen-bond donors (Lipinski definition) is 1. The fraction of sp³-hybridized carbons (Fsp3) is 0.348. The van der Waals surface area contributed by atoms with E-state index < -0.39 is 6.09 Å². The van der Waals surface area contributed by atoms with E-state index >= 15 is 0 Å². The summed E-state index contributed by atoms with van der Waals surface area (Å²) in [5, 5.41) is 7.21. The highest BCUT2D eigenvalue weighted by Crippen LogP contribution is 2.24. The highest BCUT2D eigenvalue weighted by Gasteiger charge is 2.25. The first kappa shape index (κ1) is 21.8. The second-order valence-electron chi connectivity index (χ2n) is 7.64. The summed E-state index contributed by atoms with van der Waals surface area (Å²) in [6.07, 6.45) is 3.57. The van der Waals surface area contributed by atoms with Crippen molar-refractivity contribution < 1.29 is 18.8 Å². The lowest BCUT2D eigenvalue weighted by Crippen LogP contribution is -2.37. The number of aromatic nitrogens is 1. The van der Waals surface area contributed by atoms with Crippen LogP contribution in [0.4, 0.5) is 10.5 Å². The van der Waals surface area contributed by atoms with Crippen LogP contribution in [0.3, 0.4) is 0 Å². The number of nitrogens with one attached hydrogen (secondary N) is 1. The highest BCUT2D eigenvalue weighted by atomic mass is 127. The number of benzene rings is 2. The summed E-state index contributed by atoms with van der Waals surface area (Å²) in [7, 11) is 0. The zero-order valence-corrected chi connectivity index (χ0v) is 19.2. The van der Waals surface area contributed by atoms with Crippen molar-refractivity contribution in [2.75, 3.05) is 31.6 Å². The van der Waals surface area contributed by atoms with Crippen LogP contribution >= 0.6 is 22.6 Å². The maximum absolute atomic E-state index is 12.7. The van der Waals surface area contributed by atoms with Gasteiger partial charge in [0.1, 0.15) is 0 Å². The predicted molar refractivity (Wildman–Crippen MR) is 126 cm³/mol. The van der Waals surface area contributed by atoms with Gasteiger partial charge in [0.15, 0.2) is 11.4 Å². The van der Waals surface area contributed by atoms with Crippen molar-refractivity contribution in [3.05, 3.63) is 57.8 Å². The van der Waals surface area contributed by atoms with Crippen LogP contribution in [-0.4, -0.2) is 48.2 Å². The van der Waals surface area contributed by atoms with Gasteiger partial charge in [-0.05, 0) is 79.2 Å². The zero-order chi connectivity index (χ0) is 21.6. The van der Waals surface area contributed by atoms with E-state index in [0.717, 1.165) is 53.4 Å². The van der Waals surface area contributed by atoms with Gasteiger partial charge in [-0.2, -0.15) is 0 Å². The molecule has 3 aromatic rings. The fourth-order valence-corrected chi connectivity index (χ4v) is 4.23. The first-order valence-corrected chi connectivity index (χ1v) is 11.5. The average Bonchev–Trinajstić information content (AvgIpc) is 3.27. The van der Waals surface area contributed by atoms with Gasteiger partial charge in [-0.1, -0.05) is 23.4 Å². The number of carbonyl (C=O) groups is 2. The standard InChI is InChI=1S/C23H24IN3O4/c24-18-7-5-16(6-8-18)22(28)17-9-12-27(13-10-17)11-2-14-30-23(29)26-20-3-1-4-21-19(20)15-25-31-21/h1,3-8,15,17H,2,9-14H2,(H,26,29). The summed E-state index contributed by atoms with van der Waals surface area (Å²) in [5.74, 6) is 0.345. The number of ketones is 1. The van der Waals surface area contributed by atoms with E-state index in [0.29, 0.717) is 17.9 Å². The summed E-state index contributed by atoms with van der Waals surface area (Å²) in [4.78, 5) is 27.1. The Kier molecular flexibility index (Phi) is 7.18. The van der Waals surface area contributed by atoms with Gasteiger partial charge < -0.3 is 14.2 Å². The zero-order valence-electron chi connectivity index (χ0n) is 17.1. The third-order valence-corrected chi connectivity index (χ3v) is 6.29. The summed E-state index contributed by atoms with van der Waals surface area (Å²) < 4.78 is 11.5. The quantitative estimate of drug-likeness (QED) is 0.263. The molecule has 1 aliphatic heterocycles. The minimum atomic E-state index is -0.490. The lowest BCUT2D eigenvalue weighted by Gasteiger charge is -2.31. The molecule has 0 bridgehead atoms. The van der Waals surface area contributed by atoms with Crippen LogP contribution in [0.25, 0.3) is 11.0 Å². The number of nitrogens with zero attached hydrogens (tertiary/aromatic N) is 2. The topological polar surface area (TPSA) is 84.7 Å². The second kappa shape index (κ2) is 10.2. The van der Waals surface area contributed by atoms with Crippen molar-refractivity contribution in [3.63, 3.8) is 0 Å². The van der Waals surface area contributed by atoms with Crippen LogP contribution < -0.4 is 5.32 Å². The van der Waals surface area contributed by atoms with Crippen LogP contribution in [0.1, 0.15) is 29.6 Å². The molecule has 162 valence electrons. The van der Waals surface area contributed by atoms with Gasteiger partial charge >= 0.3 is 6.09 Å². The first-order chi connectivity index (χ1) is 15.1. The van der Waals surface area contributed by atoms with Crippen molar-refractivity contribution >= 4 is 51.1 Å². The third-order valence-electron chi connectivity index (χ3n) is 5.57. The van der Waals surface area contributed by atoms with Crippen molar-refractivity contribution in [1.82, 2.24) is 10.1 Å². The maximum atomic E-state index is 12.7. The molecule has 1 aliphatic rings. The Morgan fingerprint density at radius 3 is 2.71 bits per heavy atom. The SMILES string of the molecule is O=C(Nc1cccc2oncc12)OCCCN1CCC(C(=O)c2ccc(I)cc2)CC1. The van der Waals surface area contributed by atoms with E-state index in [1.807, 2.05) is 24.3 Å². The molecule has 1 N–H and O–H groups in total. The van der Waals surface area contributed by atoms with Gasteiger partial charge in [0, 0.05) is 21.6 Å². The number of likely N-dealkylation sites (tertiary alicyclic amines) is 1. The summed E-state index contributed by atoms with van der Waals surface area (Å²) >= 11 is 2.25. The number of anilines is 1. The van der Waals surface area contributed by atoms with Crippen molar-refractivity contribution in [2.24, 2.45) is 5.92 Å². The molecule has 8 heteroatoms. The number of fused-ring (bicyclic) bond motifs is 1. The number of Topliss-reactive ketones (excluding diaryl/α,β-unsaturated/α-hetero) is 1. The Morgan fingerprint density at radius 1 is 1.16 bits per heavy atom. The molecule has 1 aromatic heterocycles. The number of amides is 1. The second-order valence-corrected chi connectivity index (χ2v) is 8.89. The van der Waals surface area contributed by atoms with E-state index in [2.05, 4.69) is 38.0 Å². The molecule has 7 nitrogen and oxygen atoms in total. The Balaban J connectivity index is 1.15. The Morgan fingerprint density at radius 2 is 1.94 bits per heavy atom. The largest absolute Gasteiger partial charge is 0.449 e. The Hall–Kier alpha value is -2.46. The van der Waals surface area contributed by atoms with Crippen molar-refractivity contribution in [2.45, 2.75) is 19.3 Å². The molecule has 2 heterocycles. The van der Waals surface area contributed by atoms with Crippen LogP contribution in [0.15, 0.2) is 53.2 Å². The van der Waals surface area contributed by atoms with Gasteiger partial charge in [-0.15, -0.1) is 0 Å². The molecule has 4 rings (SSSR count). The number of ether oxygens (including phenoxy) is 1. The molecule has 0 atom stereocenters. The number of piperidine rings is 1. The summed E-state index contributed by atoms with van der Waals surface area (Å²) in [6.45, 7) is 2.97. The van der Waals surface area contributed by atoms with Gasteiger partial charge in [-0.3, -0.25) is 10.1 Å². The minimum absolute atomic E-state index is 0.0958. The van der Waals surface area contributed by atoms with Crippen molar-refractivity contribution in [3.8, 4) is 0 Å². The van der Waals surface area contributed by atoms with Gasteiger partial charge in [0.05, 0.1) is 23.9 Å². The molecule has 2 aromatic carbocycles. The van der Waals surface area contributed by atoms with Crippen LogP contribution in [0, 0.1) is 9.49 Å². The Bertz CT molecular complexity index is 1040. The van der Waals surface area contributed by atoms with E-state index in [1.54, 1.807) is 24.4 Å². The molecule has 1 amide bonds. The molecule has 1 fully saturated rings. The van der Waals surface area contributed by atoms with Crippen LogP contribution in [0.5, 0.6) is 0 Å². The molecule has 0 spiro atoms. The Labute approximate surface area is 194 Å². The number of rotatable bonds is 7. The smallest absolute Gasteiger partial charge is 0.411 e. The maximum Gasteiger partial charge on any atom is 0.411 e. The van der Waals surface area contributed by atoms with E-state index in [-0.39, 0.29) is 11.7 Å². The minimum Gasteiger partial charge on any atom is -0.449 e. The molecule has 0 radical (unpaired) electrons. The highest BCUT2D eigenvalue weighted by molar-refractivity contribution is 14.1. The monoisotopic (exact) mass is 533 g/mol.